The first-order chi connectivity index (χ1) is 8.81. The van der Waals surface area contributed by atoms with Crippen molar-refractivity contribution < 1.29 is 0 Å². The van der Waals surface area contributed by atoms with E-state index in [0.29, 0.717) is 0 Å². The molecule has 0 fully saturated rings. The van der Waals surface area contributed by atoms with Crippen LogP contribution in [-0.2, 0) is 6.54 Å². The van der Waals surface area contributed by atoms with Crippen molar-refractivity contribution >= 4 is 39.2 Å². The summed E-state index contributed by atoms with van der Waals surface area (Å²) >= 11 is 2.33. The normalized spacial score (nSPS) is 10.7. The first kappa shape index (κ1) is 11.6. The molecule has 90 valence electrons. The average Bonchev–Trinajstić information content (AvgIpc) is 2.84. The lowest BCUT2D eigenvalue weighted by atomic mass is 10.1. The molecule has 0 radical (unpaired) electrons. The Morgan fingerprint density at radius 1 is 1.06 bits per heavy atom. The second-order valence-electron chi connectivity index (χ2n) is 4.26. The molecule has 1 aromatic heterocycles. The van der Waals surface area contributed by atoms with E-state index in [2.05, 4.69) is 81.4 Å². The molecule has 2 nitrogen and oxygen atoms in total. The van der Waals surface area contributed by atoms with Gasteiger partial charge in [-0.25, -0.2) is 0 Å². The highest BCUT2D eigenvalue weighted by Crippen LogP contribution is 2.17. The maximum Gasteiger partial charge on any atom is 0.0457 e. The van der Waals surface area contributed by atoms with Crippen molar-refractivity contribution in [1.29, 1.82) is 0 Å². The number of rotatable bonds is 3. The van der Waals surface area contributed by atoms with E-state index in [1.54, 1.807) is 0 Å². The smallest absolute Gasteiger partial charge is 0.0457 e. The number of H-pyrrole nitrogens is 1. The molecule has 0 spiro atoms. The number of fused-ring (bicyclic) bond motifs is 1. The van der Waals surface area contributed by atoms with Gasteiger partial charge in [0, 0.05) is 27.5 Å². The molecule has 2 N–H and O–H groups in total. The van der Waals surface area contributed by atoms with Crippen LogP contribution in [0.4, 0.5) is 5.69 Å². The van der Waals surface area contributed by atoms with Crippen LogP contribution in [0.25, 0.3) is 10.9 Å². The molecule has 0 saturated carbocycles. The third kappa shape index (κ3) is 2.51. The Hall–Kier alpha value is -1.49. The molecule has 0 aliphatic rings. The predicted octanol–water partition coefficient (Wildman–Crippen LogP) is 4.38. The number of aromatic nitrogens is 1. The number of hydrogen-bond acceptors (Lipinski definition) is 1. The van der Waals surface area contributed by atoms with Gasteiger partial charge in [0.05, 0.1) is 0 Å². The van der Waals surface area contributed by atoms with Crippen molar-refractivity contribution in [1.82, 2.24) is 4.98 Å². The molecular weight excluding hydrogens is 335 g/mol. The third-order valence-corrected chi connectivity index (χ3v) is 3.61. The average molecular weight is 348 g/mol. The number of benzene rings is 2. The minimum absolute atomic E-state index is 0.842. The largest absolute Gasteiger partial charge is 0.381 e. The summed E-state index contributed by atoms with van der Waals surface area (Å²) in [4.78, 5) is 3.24. The Labute approximate surface area is 120 Å². The van der Waals surface area contributed by atoms with Crippen molar-refractivity contribution in [3.63, 3.8) is 0 Å². The highest BCUT2D eigenvalue weighted by Gasteiger charge is 1.98. The Morgan fingerprint density at radius 3 is 2.89 bits per heavy atom. The molecule has 0 amide bonds. The zero-order valence-corrected chi connectivity index (χ0v) is 11.9. The van der Waals surface area contributed by atoms with Gasteiger partial charge in [-0.05, 0) is 63.9 Å². The zero-order chi connectivity index (χ0) is 12.4. The topological polar surface area (TPSA) is 27.8 Å². The van der Waals surface area contributed by atoms with E-state index < -0.39 is 0 Å². The lowest BCUT2D eigenvalue weighted by molar-refractivity contribution is 1.15. The lowest BCUT2D eigenvalue weighted by Crippen LogP contribution is -1.99. The van der Waals surface area contributed by atoms with Crippen LogP contribution >= 0.6 is 22.6 Å². The molecule has 3 aromatic rings. The minimum atomic E-state index is 0.842. The molecule has 0 atom stereocenters. The molecule has 3 heteroatoms. The van der Waals surface area contributed by atoms with Gasteiger partial charge in [0.1, 0.15) is 0 Å². The van der Waals surface area contributed by atoms with E-state index in [0.717, 1.165) is 12.2 Å². The van der Waals surface area contributed by atoms with Gasteiger partial charge in [-0.15, -0.1) is 0 Å². The van der Waals surface area contributed by atoms with Crippen LogP contribution in [0, 0.1) is 3.57 Å². The predicted molar refractivity (Wildman–Crippen MR) is 84.8 cm³/mol. The number of anilines is 1. The highest BCUT2D eigenvalue weighted by atomic mass is 127. The fraction of sp³-hybridized carbons (Fsp3) is 0.0667. The fourth-order valence-electron chi connectivity index (χ4n) is 2.01. The van der Waals surface area contributed by atoms with E-state index in [9.17, 15) is 0 Å². The summed E-state index contributed by atoms with van der Waals surface area (Å²) in [6.45, 7) is 0.842. The van der Waals surface area contributed by atoms with E-state index in [4.69, 9.17) is 0 Å². The standard InChI is InChI=1S/C15H13IN2/c16-13-2-1-3-14(9-13)18-10-11-4-5-12-6-7-17-15(12)8-11/h1-9,17-18H,10H2. The third-order valence-electron chi connectivity index (χ3n) is 2.94. The molecule has 0 bridgehead atoms. The molecule has 3 rings (SSSR count). The number of aromatic amines is 1. The summed E-state index contributed by atoms with van der Waals surface area (Å²) in [5.41, 5.74) is 3.63. The van der Waals surface area contributed by atoms with Gasteiger partial charge in [0.25, 0.3) is 0 Å². The van der Waals surface area contributed by atoms with E-state index in [-0.39, 0.29) is 0 Å². The number of hydrogen-bond donors (Lipinski definition) is 2. The van der Waals surface area contributed by atoms with Crippen LogP contribution in [-0.4, -0.2) is 4.98 Å². The van der Waals surface area contributed by atoms with Crippen LogP contribution in [0.15, 0.2) is 54.7 Å². The van der Waals surface area contributed by atoms with Crippen molar-refractivity contribution in [3.05, 3.63) is 63.9 Å². The number of nitrogens with one attached hydrogen (secondary N) is 2. The zero-order valence-electron chi connectivity index (χ0n) is 9.78. The van der Waals surface area contributed by atoms with Crippen LogP contribution in [0.3, 0.4) is 0 Å². The van der Waals surface area contributed by atoms with Gasteiger partial charge >= 0.3 is 0 Å². The van der Waals surface area contributed by atoms with Gasteiger partial charge in [-0.2, -0.15) is 0 Å². The molecule has 18 heavy (non-hydrogen) atoms. The number of halogens is 1. The Morgan fingerprint density at radius 2 is 2.00 bits per heavy atom. The van der Waals surface area contributed by atoms with Crippen LogP contribution in [0.2, 0.25) is 0 Å². The maximum atomic E-state index is 3.44. The monoisotopic (exact) mass is 348 g/mol. The van der Waals surface area contributed by atoms with E-state index in [1.165, 1.54) is 20.0 Å². The first-order valence-electron chi connectivity index (χ1n) is 5.87. The fourth-order valence-corrected chi connectivity index (χ4v) is 2.55. The van der Waals surface area contributed by atoms with Gasteiger partial charge in [0.15, 0.2) is 0 Å². The van der Waals surface area contributed by atoms with E-state index in [1.807, 2.05) is 6.20 Å². The van der Waals surface area contributed by atoms with Crippen LogP contribution in [0.5, 0.6) is 0 Å². The molecule has 2 aromatic carbocycles. The van der Waals surface area contributed by atoms with Gasteiger partial charge in [0.2, 0.25) is 0 Å². The van der Waals surface area contributed by atoms with Crippen LogP contribution in [0.1, 0.15) is 5.56 Å². The van der Waals surface area contributed by atoms with Crippen molar-refractivity contribution in [2.75, 3.05) is 5.32 Å². The summed E-state index contributed by atoms with van der Waals surface area (Å²) in [5.74, 6) is 0. The molecule has 1 heterocycles. The molecule has 0 unspecified atom stereocenters. The maximum absolute atomic E-state index is 3.44. The summed E-state index contributed by atoms with van der Waals surface area (Å²) < 4.78 is 1.25. The van der Waals surface area contributed by atoms with Crippen LogP contribution < -0.4 is 5.32 Å². The SMILES string of the molecule is Ic1cccc(NCc2ccc3cc[nH]c3c2)c1. The Balaban J connectivity index is 1.76. The molecule has 0 aliphatic carbocycles. The summed E-state index contributed by atoms with van der Waals surface area (Å²) in [5, 5.41) is 4.70. The van der Waals surface area contributed by atoms with Crippen molar-refractivity contribution in [3.8, 4) is 0 Å². The molecular formula is C15H13IN2. The second kappa shape index (κ2) is 5.02. The van der Waals surface area contributed by atoms with Gasteiger partial charge < -0.3 is 10.3 Å². The van der Waals surface area contributed by atoms with E-state index >= 15 is 0 Å². The second-order valence-corrected chi connectivity index (χ2v) is 5.51. The summed E-state index contributed by atoms with van der Waals surface area (Å²) in [6, 6.07) is 17.0. The molecule has 0 aliphatic heterocycles. The highest BCUT2D eigenvalue weighted by molar-refractivity contribution is 14.1. The summed E-state index contributed by atoms with van der Waals surface area (Å²) in [7, 11) is 0. The quantitative estimate of drug-likeness (QED) is 0.676. The van der Waals surface area contributed by atoms with Gasteiger partial charge in [-0.3, -0.25) is 0 Å². The first-order valence-corrected chi connectivity index (χ1v) is 6.94. The minimum Gasteiger partial charge on any atom is -0.381 e. The van der Waals surface area contributed by atoms with Crippen molar-refractivity contribution in [2.24, 2.45) is 0 Å². The van der Waals surface area contributed by atoms with Crippen molar-refractivity contribution in [2.45, 2.75) is 6.54 Å². The van der Waals surface area contributed by atoms with Gasteiger partial charge in [-0.1, -0.05) is 18.2 Å². The molecule has 0 saturated heterocycles. The Kier molecular flexibility index (Phi) is 3.23. The lowest BCUT2D eigenvalue weighted by Gasteiger charge is -2.07. The Bertz CT molecular complexity index is 673. The summed E-state index contributed by atoms with van der Waals surface area (Å²) in [6.07, 6.45) is 1.97.